The lowest BCUT2D eigenvalue weighted by atomic mass is 10.1. The largest absolute Gasteiger partial charge is 0.489 e. The third kappa shape index (κ3) is 3.65. The van der Waals surface area contributed by atoms with Gasteiger partial charge in [0.15, 0.2) is 0 Å². The second-order valence-corrected chi connectivity index (χ2v) is 5.76. The van der Waals surface area contributed by atoms with Crippen molar-refractivity contribution >= 4 is 17.4 Å². The summed E-state index contributed by atoms with van der Waals surface area (Å²) >= 11 is 5.93. The van der Waals surface area contributed by atoms with Gasteiger partial charge in [0.2, 0.25) is 5.28 Å². The number of anilines is 1. The minimum absolute atomic E-state index is 0.0493. The van der Waals surface area contributed by atoms with Crippen molar-refractivity contribution in [2.75, 3.05) is 18.0 Å². The molecule has 0 amide bonds. The first kappa shape index (κ1) is 15.0. The first-order valence-corrected chi connectivity index (χ1v) is 7.66. The van der Waals surface area contributed by atoms with E-state index >= 15 is 0 Å². The van der Waals surface area contributed by atoms with Gasteiger partial charge in [-0.2, -0.15) is 0 Å². The van der Waals surface area contributed by atoms with Gasteiger partial charge in [0.05, 0.1) is 6.54 Å². The Kier molecular flexibility index (Phi) is 4.43. The maximum absolute atomic E-state index is 12.9. The van der Waals surface area contributed by atoms with E-state index in [-0.39, 0.29) is 17.2 Å². The summed E-state index contributed by atoms with van der Waals surface area (Å²) in [7, 11) is 0. The zero-order chi connectivity index (χ0) is 15.5. The molecule has 1 atom stereocenters. The minimum atomic E-state index is -0.260. The van der Waals surface area contributed by atoms with Crippen LogP contribution in [0.1, 0.15) is 18.5 Å². The van der Waals surface area contributed by atoms with Crippen molar-refractivity contribution in [3.63, 3.8) is 0 Å². The van der Waals surface area contributed by atoms with Crippen molar-refractivity contribution in [1.82, 2.24) is 9.97 Å². The average molecular weight is 322 g/mol. The zero-order valence-electron chi connectivity index (χ0n) is 12.3. The minimum Gasteiger partial charge on any atom is -0.489 e. The number of aryl methyl sites for hydroxylation is 1. The molecular weight excluding hydrogens is 305 g/mol. The summed E-state index contributed by atoms with van der Waals surface area (Å²) in [6.45, 7) is 3.54. The van der Waals surface area contributed by atoms with Gasteiger partial charge in [0, 0.05) is 18.3 Å². The molecule has 0 aliphatic carbocycles. The Balaban J connectivity index is 1.69. The van der Waals surface area contributed by atoms with E-state index in [0.29, 0.717) is 5.75 Å². The Morgan fingerprint density at radius 1 is 1.27 bits per heavy atom. The highest BCUT2D eigenvalue weighted by atomic mass is 35.5. The van der Waals surface area contributed by atoms with Gasteiger partial charge >= 0.3 is 0 Å². The van der Waals surface area contributed by atoms with Crippen molar-refractivity contribution in [2.24, 2.45) is 0 Å². The molecule has 2 heterocycles. The molecule has 0 saturated carbocycles. The Labute approximate surface area is 133 Å². The lowest BCUT2D eigenvalue weighted by Crippen LogP contribution is -2.41. The molecule has 1 unspecified atom stereocenters. The molecule has 0 N–H and O–H groups in total. The number of halogens is 2. The molecule has 4 nitrogen and oxygen atoms in total. The molecule has 1 aromatic carbocycles. The highest BCUT2D eigenvalue weighted by molar-refractivity contribution is 6.28. The van der Waals surface area contributed by atoms with Crippen LogP contribution in [0.15, 0.2) is 30.3 Å². The molecule has 22 heavy (non-hydrogen) atoms. The number of ether oxygens (including phenoxy) is 1. The Morgan fingerprint density at radius 3 is 2.77 bits per heavy atom. The molecule has 1 aliphatic rings. The number of nitrogens with zero attached hydrogens (tertiary/aromatic N) is 3. The molecule has 116 valence electrons. The summed E-state index contributed by atoms with van der Waals surface area (Å²) in [5.41, 5.74) is 0.844. The zero-order valence-corrected chi connectivity index (χ0v) is 13.1. The van der Waals surface area contributed by atoms with E-state index in [0.717, 1.165) is 37.4 Å². The average Bonchev–Trinajstić information content (AvgIpc) is 2.49. The van der Waals surface area contributed by atoms with E-state index in [4.69, 9.17) is 16.3 Å². The lowest BCUT2D eigenvalue weighted by Gasteiger charge is -2.33. The summed E-state index contributed by atoms with van der Waals surface area (Å²) in [6, 6.07) is 8.04. The number of hydrogen-bond acceptors (Lipinski definition) is 4. The normalized spacial score (nSPS) is 18.3. The van der Waals surface area contributed by atoms with Crippen molar-refractivity contribution in [3.8, 4) is 5.75 Å². The van der Waals surface area contributed by atoms with E-state index in [2.05, 4.69) is 14.9 Å². The topological polar surface area (TPSA) is 38.2 Å². The Bertz CT molecular complexity index is 630. The van der Waals surface area contributed by atoms with Crippen LogP contribution < -0.4 is 9.64 Å². The molecule has 2 aromatic rings. The third-order valence-electron chi connectivity index (χ3n) is 3.63. The quantitative estimate of drug-likeness (QED) is 0.809. The van der Waals surface area contributed by atoms with Gasteiger partial charge in [0.25, 0.3) is 0 Å². The van der Waals surface area contributed by atoms with Crippen LogP contribution in [0.3, 0.4) is 0 Å². The number of benzene rings is 1. The second-order valence-electron chi connectivity index (χ2n) is 5.42. The molecule has 0 spiro atoms. The molecule has 6 heteroatoms. The van der Waals surface area contributed by atoms with E-state index in [1.807, 2.05) is 13.0 Å². The summed E-state index contributed by atoms with van der Waals surface area (Å²) in [5.74, 6) is 1.25. The Morgan fingerprint density at radius 2 is 2.05 bits per heavy atom. The van der Waals surface area contributed by atoms with Crippen LogP contribution >= 0.6 is 11.6 Å². The maximum Gasteiger partial charge on any atom is 0.224 e. The van der Waals surface area contributed by atoms with Gasteiger partial charge in [-0.25, -0.2) is 14.4 Å². The first-order chi connectivity index (χ1) is 10.6. The van der Waals surface area contributed by atoms with Crippen LogP contribution in [0.5, 0.6) is 5.75 Å². The fourth-order valence-electron chi connectivity index (χ4n) is 2.63. The summed E-state index contributed by atoms with van der Waals surface area (Å²) in [4.78, 5) is 10.5. The van der Waals surface area contributed by atoms with Gasteiger partial charge in [0.1, 0.15) is 23.5 Å². The molecule has 3 rings (SSSR count). The van der Waals surface area contributed by atoms with Crippen LogP contribution in [0.25, 0.3) is 0 Å². The molecule has 1 aliphatic heterocycles. The summed E-state index contributed by atoms with van der Waals surface area (Å²) in [6.07, 6.45) is 2.02. The van der Waals surface area contributed by atoms with Crippen LogP contribution in [-0.4, -0.2) is 29.2 Å². The van der Waals surface area contributed by atoms with E-state index < -0.39 is 0 Å². The van der Waals surface area contributed by atoms with E-state index in [9.17, 15) is 4.39 Å². The highest BCUT2D eigenvalue weighted by Crippen LogP contribution is 2.23. The summed E-state index contributed by atoms with van der Waals surface area (Å²) in [5, 5.41) is 0.261. The third-order valence-corrected chi connectivity index (χ3v) is 3.80. The van der Waals surface area contributed by atoms with Crippen LogP contribution in [0.2, 0.25) is 5.28 Å². The Hall–Kier alpha value is -1.88. The first-order valence-electron chi connectivity index (χ1n) is 7.28. The fourth-order valence-corrected chi connectivity index (χ4v) is 2.85. The number of piperidine rings is 1. The smallest absolute Gasteiger partial charge is 0.224 e. The predicted molar refractivity (Wildman–Crippen MR) is 84.0 cm³/mol. The van der Waals surface area contributed by atoms with Crippen molar-refractivity contribution < 1.29 is 9.13 Å². The van der Waals surface area contributed by atoms with Crippen LogP contribution in [-0.2, 0) is 0 Å². The van der Waals surface area contributed by atoms with Crippen LogP contribution in [0, 0.1) is 12.7 Å². The van der Waals surface area contributed by atoms with Gasteiger partial charge in [-0.3, -0.25) is 0 Å². The standard InChI is InChI=1S/C16H17ClFN3O/c1-11-9-15(20-16(17)19-11)21-8-2-3-14(10-21)22-13-6-4-12(18)5-7-13/h4-7,9,14H,2-3,8,10H2,1H3. The summed E-state index contributed by atoms with van der Waals surface area (Å²) < 4.78 is 18.9. The SMILES string of the molecule is Cc1cc(N2CCCC(Oc3ccc(F)cc3)C2)nc(Cl)n1. The van der Waals surface area contributed by atoms with Gasteiger partial charge in [-0.15, -0.1) is 0 Å². The maximum atomic E-state index is 12.9. The molecule has 0 radical (unpaired) electrons. The molecule has 0 bridgehead atoms. The van der Waals surface area contributed by atoms with Crippen molar-refractivity contribution in [1.29, 1.82) is 0 Å². The van der Waals surface area contributed by atoms with Crippen LogP contribution in [0.4, 0.5) is 10.2 Å². The second kappa shape index (κ2) is 6.48. The van der Waals surface area contributed by atoms with Crippen molar-refractivity contribution in [3.05, 3.63) is 47.1 Å². The van der Waals surface area contributed by atoms with Crippen molar-refractivity contribution in [2.45, 2.75) is 25.9 Å². The fraction of sp³-hybridized carbons (Fsp3) is 0.375. The van der Waals surface area contributed by atoms with E-state index in [1.165, 1.54) is 12.1 Å². The lowest BCUT2D eigenvalue weighted by molar-refractivity contribution is 0.179. The van der Waals surface area contributed by atoms with Gasteiger partial charge < -0.3 is 9.64 Å². The van der Waals surface area contributed by atoms with Gasteiger partial charge in [-0.1, -0.05) is 0 Å². The molecular formula is C16H17ClFN3O. The predicted octanol–water partition coefficient (Wildman–Crippen LogP) is 3.63. The number of hydrogen-bond donors (Lipinski definition) is 0. The highest BCUT2D eigenvalue weighted by Gasteiger charge is 2.23. The monoisotopic (exact) mass is 321 g/mol. The molecule has 1 saturated heterocycles. The molecule has 1 aromatic heterocycles. The molecule has 1 fully saturated rings. The number of rotatable bonds is 3. The van der Waals surface area contributed by atoms with E-state index in [1.54, 1.807) is 12.1 Å². The van der Waals surface area contributed by atoms with Gasteiger partial charge in [-0.05, 0) is 55.6 Å². The number of aromatic nitrogens is 2.